The van der Waals surface area contributed by atoms with Gasteiger partial charge in [0.25, 0.3) is 5.91 Å². The molecule has 0 bridgehead atoms. The van der Waals surface area contributed by atoms with E-state index in [1.807, 2.05) is 12.1 Å². The van der Waals surface area contributed by atoms with E-state index in [1.165, 1.54) is 0 Å². The number of hydrogen-bond acceptors (Lipinski definition) is 5. The fourth-order valence-corrected chi connectivity index (χ4v) is 2.61. The Balaban J connectivity index is 2.04. The van der Waals surface area contributed by atoms with Gasteiger partial charge in [0.15, 0.2) is 0 Å². The molecule has 6 nitrogen and oxygen atoms in total. The lowest BCUT2D eigenvalue weighted by atomic mass is 10.2. The van der Waals surface area contributed by atoms with Crippen molar-refractivity contribution in [2.75, 3.05) is 31.6 Å². The van der Waals surface area contributed by atoms with Crippen LogP contribution >= 0.6 is 0 Å². The first-order chi connectivity index (χ1) is 12.2. The highest BCUT2D eigenvalue weighted by atomic mass is 16.2. The summed E-state index contributed by atoms with van der Waals surface area (Å²) in [5.41, 5.74) is 1.61. The number of hydrogen-bond donors (Lipinski definition) is 0. The minimum Gasteiger partial charge on any atom is -0.341 e. The molecule has 0 aliphatic rings. The molecule has 6 heteroatoms. The third-order valence-corrected chi connectivity index (χ3v) is 3.96. The zero-order chi connectivity index (χ0) is 18.1. The first-order valence-electron chi connectivity index (χ1n) is 8.88. The van der Waals surface area contributed by atoms with E-state index in [2.05, 4.69) is 33.7 Å². The molecule has 0 atom stereocenters. The average Bonchev–Trinajstić information content (AvgIpc) is 2.66. The number of aromatic nitrogens is 3. The summed E-state index contributed by atoms with van der Waals surface area (Å²) in [4.78, 5) is 29.4. The van der Waals surface area contributed by atoms with Crippen LogP contribution in [0.3, 0.4) is 0 Å². The molecule has 0 spiro atoms. The molecule has 2 aromatic heterocycles. The topological polar surface area (TPSA) is 62.2 Å². The quantitative estimate of drug-likeness (QED) is 0.702. The third-order valence-electron chi connectivity index (χ3n) is 3.96. The summed E-state index contributed by atoms with van der Waals surface area (Å²) < 4.78 is 0. The van der Waals surface area contributed by atoms with Crippen LogP contribution in [0.25, 0.3) is 0 Å². The van der Waals surface area contributed by atoms with E-state index in [4.69, 9.17) is 0 Å². The number of pyridine rings is 1. The minimum atomic E-state index is -0.0781. The second-order valence-electron chi connectivity index (χ2n) is 6.06. The lowest BCUT2D eigenvalue weighted by Crippen LogP contribution is -2.31. The van der Waals surface area contributed by atoms with E-state index in [-0.39, 0.29) is 5.91 Å². The summed E-state index contributed by atoms with van der Waals surface area (Å²) in [7, 11) is 1.81. The molecule has 25 heavy (non-hydrogen) atoms. The number of carbonyl (C=O) groups excluding carboxylic acids is 1. The minimum absolute atomic E-state index is 0.0781. The summed E-state index contributed by atoms with van der Waals surface area (Å²) >= 11 is 0. The monoisotopic (exact) mass is 341 g/mol. The first-order valence-corrected chi connectivity index (χ1v) is 8.88. The van der Waals surface area contributed by atoms with Crippen molar-refractivity contribution in [3.8, 4) is 0 Å². The van der Waals surface area contributed by atoms with Gasteiger partial charge in [-0.3, -0.25) is 9.78 Å². The molecule has 0 saturated carbocycles. The predicted octanol–water partition coefficient (Wildman–Crippen LogP) is 2.81. The second kappa shape index (κ2) is 9.71. The van der Waals surface area contributed by atoms with Crippen molar-refractivity contribution in [3.63, 3.8) is 0 Å². The Hall–Kier alpha value is -2.50. The molecule has 0 saturated heterocycles. The van der Waals surface area contributed by atoms with Crippen molar-refractivity contribution in [3.05, 3.63) is 48.0 Å². The molecule has 2 aromatic rings. The Labute approximate surface area is 149 Å². The van der Waals surface area contributed by atoms with Crippen molar-refractivity contribution in [1.29, 1.82) is 0 Å². The summed E-state index contributed by atoms with van der Waals surface area (Å²) in [6, 6.07) is 5.62. The molecule has 0 aliphatic carbocycles. The van der Waals surface area contributed by atoms with E-state index >= 15 is 0 Å². The molecule has 0 fully saturated rings. The normalized spacial score (nSPS) is 10.5. The van der Waals surface area contributed by atoms with Gasteiger partial charge >= 0.3 is 0 Å². The van der Waals surface area contributed by atoms with Gasteiger partial charge in [-0.1, -0.05) is 13.8 Å². The van der Waals surface area contributed by atoms with Gasteiger partial charge < -0.3 is 9.80 Å². The molecule has 0 aliphatic heterocycles. The van der Waals surface area contributed by atoms with Crippen LogP contribution in [0.2, 0.25) is 0 Å². The van der Waals surface area contributed by atoms with E-state index in [9.17, 15) is 4.79 Å². The average molecular weight is 341 g/mol. The lowest BCUT2D eigenvalue weighted by Gasteiger charge is -2.22. The Morgan fingerprint density at radius 2 is 1.68 bits per heavy atom. The van der Waals surface area contributed by atoms with Crippen LogP contribution in [0.15, 0.2) is 36.8 Å². The highest BCUT2D eigenvalue weighted by Crippen LogP contribution is 2.11. The highest BCUT2D eigenvalue weighted by molar-refractivity contribution is 5.92. The fourth-order valence-electron chi connectivity index (χ4n) is 2.61. The standard InChI is InChI=1S/C19H27N5O/c1-4-13-24(14-5-2)19-21-12-8-17(22-19)18(25)23(3)15-9-16-6-10-20-11-7-16/h6-8,10-12H,4-5,9,13-15H2,1-3H3. The zero-order valence-corrected chi connectivity index (χ0v) is 15.4. The molecule has 0 unspecified atom stereocenters. The Morgan fingerprint density at radius 1 is 1.00 bits per heavy atom. The van der Waals surface area contributed by atoms with E-state index in [0.29, 0.717) is 18.2 Å². The number of likely N-dealkylation sites (N-methyl/N-ethyl adjacent to an activating group) is 1. The van der Waals surface area contributed by atoms with Crippen LogP contribution < -0.4 is 4.90 Å². The van der Waals surface area contributed by atoms with Gasteiger partial charge in [-0.2, -0.15) is 0 Å². The van der Waals surface area contributed by atoms with Crippen LogP contribution in [-0.2, 0) is 6.42 Å². The number of anilines is 1. The van der Waals surface area contributed by atoms with Gasteiger partial charge in [0.1, 0.15) is 5.69 Å². The van der Waals surface area contributed by atoms with Crippen molar-refractivity contribution < 1.29 is 4.79 Å². The number of carbonyl (C=O) groups is 1. The number of rotatable bonds is 9. The summed E-state index contributed by atoms with van der Waals surface area (Å²) in [6.07, 6.45) is 8.04. The summed E-state index contributed by atoms with van der Waals surface area (Å²) in [6.45, 7) is 6.68. The Morgan fingerprint density at radius 3 is 2.32 bits per heavy atom. The molecule has 1 amide bonds. The number of amides is 1. The molecule has 0 aromatic carbocycles. The maximum Gasteiger partial charge on any atom is 0.272 e. The highest BCUT2D eigenvalue weighted by Gasteiger charge is 2.16. The van der Waals surface area contributed by atoms with Crippen LogP contribution in [0.5, 0.6) is 0 Å². The van der Waals surface area contributed by atoms with Crippen molar-refractivity contribution in [2.24, 2.45) is 0 Å². The fraction of sp³-hybridized carbons (Fsp3) is 0.474. The van der Waals surface area contributed by atoms with Crippen LogP contribution in [0.4, 0.5) is 5.95 Å². The van der Waals surface area contributed by atoms with E-state index < -0.39 is 0 Å². The molecular formula is C19H27N5O. The van der Waals surface area contributed by atoms with E-state index in [1.54, 1.807) is 36.6 Å². The third kappa shape index (κ3) is 5.52. The molecular weight excluding hydrogens is 314 g/mol. The van der Waals surface area contributed by atoms with Gasteiger partial charge in [0.2, 0.25) is 5.95 Å². The van der Waals surface area contributed by atoms with Gasteiger partial charge in [0.05, 0.1) is 0 Å². The van der Waals surface area contributed by atoms with Gasteiger partial charge in [-0.25, -0.2) is 9.97 Å². The molecule has 2 heterocycles. The van der Waals surface area contributed by atoms with Gasteiger partial charge in [0, 0.05) is 45.3 Å². The van der Waals surface area contributed by atoms with Crippen LogP contribution in [0.1, 0.15) is 42.7 Å². The van der Waals surface area contributed by atoms with Crippen molar-refractivity contribution >= 4 is 11.9 Å². The maximum absolute atomic E-state index is 12.7. The maximum atomic E-state index is 12.7. The van der Waals surface area contributed by atoms with E-state index in [0.717, 1.165) is 37.9 Å². The smallest absolute Gasteiger partial charge is 0.272 e. The molecule has 134 valence electrons. The Kier molecular flexibility index (Phi) is 7.32. The SMILES string of the molecule is CCCN(CCC)c1nccc(C(=O)N(C)CCc2ccncc2)n1. The second-order valence-corrected chi connectivity index (χ2v) is 6.06. The van der Waals surface area contributed by atoms with Crippen LogP contribution in [-0.4, -0.2) is 52.4 Å². The predicted molar refractivity (Wildman–Crippen MR) is 99.7 cm³/mol. The van der Waals surface area contributed by atoms with Gasteiger partial charge in [-0.05, 0) is 43.0 Å². The number of nitrogens with zero attached hydrogens (tertiary/aromatic N) is 5. The lowest BCUT2D eigenvalue weighted by molar-refractivity contribution is 0.0790. The van der Waals surface area contributed by atoms with Crippen molar-refractivity contribution in [1.82, 2.24) is 19.9 Å². The summed E-state index contributed by atoms with van der Waals surface area (Å²) in [5.74, 6) is 0.558. The molecule has 0 radical (unpaired) electrons. The zero-order valence-electron chi connectivity index (χ0n) is 15.4. The summed E-state index contributed by atoms with van der Waals surface area (Å²) in [5, 5.41) is 0. The Bertz CT molecular complexity index is 656. The molecule has 2 rings (SSSR count). The molecule has 0 N–H and O–H groups in total. The van der Waals surface area contributed by atoms with Crippen molar-refractivity contribution in [2.45, 2.75) is 33.1 Å². The van der Waals surface area contributed by atoms with Crippen LogP contribution in [0, 0.1) is 0 Å². The first kappa shape index (κ1) is 18.8. The largest absolute Gasteiger partial charge is 0.341 e. The van der Waals surface area contributed by atoms with Gasteiger partial charge in [-0.15, -0.1) is 0 Å².